The number of fused-ring (bicyclic) bond motifs is 1. The van der Waals surface area contributed by atoms with E-state index in [1.54, 1.807) is 12.3 Å². The van der Waals surface area contributed by atoms with Gasteiger partial charge in [0.05, 0.1) is 5.56 Å². The van der Waals surface area contributed by atoms with Crippen LogP contribution in [0.1, 0.15) is 56.3 Å². The molecule has 0 aliphatic heterocycles. The van der Waals surface area contributed by atoms with Gasteiger partial charge in [-0.15, -0.1) is 0 Å². The summed E-state index contributed by atoms with van der Waals surface area (Å²) in [5.74, 6) is -0.347. The normalized spacial score (nSPS) is 16.2. The van der Waals surface area contributed by atoms with Crippen LogP contribution in [-0.2, 0) is 4.79 Å². The van der Waals surface area contributed by atoms with Crippen LogP contribution in [0.2, 0.25) is 5.02 Å². The Balaban J connectivity index is 1.82. The summed E-state index contributed by atoms with van der Waals surface area (Å²) in [5, 5.41) is 4.96. The van der Waals surface area contributed by atoms with Gasteiger partial charge in [0.15, 0.2) is 0 Å². The maximum atomic E-state index is 13.1. The number of hydrogen-bond acceptors (Lipinski definition) is 3. The topological polar surface area (TPSA) is 62.3 Å². The second-order valence-corrected chi connectivity index (χ2v) is 8.37. The third-order valence-corrected chi connectivity index (χ3v) is 6.01. The van der Waals surface area contributed by atoms with Crippen LogP contribution in [0.25, 0.3) is 10.8 Å². The van der Waals surface area contributed by atoms with Gasteiger partial charge in [-0.2, -0.15) is 0 Å². The molecule has 1 aliphatic carbocycles. The summed E-state index contributed by atoms with van der Waals surface area (Å²) < 4.78 is 0. The first kappa shape index (κ1) is 20.6. The Kier molecular flexibility index (Phi) is 6.55. The van der Waals surface area contributed by atoms with Crippen LogP contribution in [-0.4, -0.2) is 40.8 Å². The molecule has 0 saturated heterocycles. The van der Waals surface area contributed by atoms with Gasteiger partial charge in [0.1, 0.15) is 6.04 Å². The zero-order valence-corrected chi connectivity index (χ0v) is 17.5. The highest BCUT2D eigenvalue weighted by molar-refractivity contribution is 6.35. The number of amides is 2. The molecular formula is C22H28ClN3O2. The monoisotopic (exact) mass is 401 g/mol. The van der Waals surface area contributed by atoms with E-state index in [9.17, 15) is 9.59 Å². The number of likely N-dealkylation sites (N-methyl/N-ethyl adjacent to an activating group) is 1. The molecule has 1 N–H and O–H groups in total. The van der Waals surface area contributed by atoms with Crippen LogP contribution in [0.4, 0.5) is 0 Å². The van der Waals surface area contributed by atoms with E-state index in [1.165, 1.54) is 12.6 Å². The first-order valence-corrected chi connectivity index (χ1v) is 10.4. The molecule has 6 heteroatoms. The maximum absolute atomic E-state index is 13.1. The zero-order valence-electron chi connectivity index (χ0n) is 16.7. The Bertz CT molecular complexity index is 862. The van der Waals surface area contributed by atoms with Crippen molar-refractivity contribution < 1.29 is 9.59 Å². The van der Waals surface area contributed by atoms with Gasteiger partial charge >= 0.3 is 0 Å². The summed E-state index contributed by atoms with van der Waals surface area (Å²) in [6.45, 7) is 3.91. The summed E-state index contributed by atoms with van der Waals surface area (Å²) >= 11 is 6.24. The predicted octanol–water partition coefficient (Wildman–Crippen LogP) is 4.43. The second kappa shape index (κ2) is 8.91. The SMILES string of the molecule is CC(C)C(NC(=O)c1cncc2c(Cl)cccc12)C(=O)N(C)C1CCCCC1. The lowest BCUT2D eigenvalue weighted by Crippen LogP contribution is -2.53. The number of benzene rings is 1. The number of rotatable bonds is 5. The third-order valence-electron chi connectivity index (χ3n) is 5.68. The minimum absolute atomic E-state index is 0.0194. The Hall–Kier alpha value is -2.14. The molecule has 1 aromatic carbocycles. The summed E-state index contributed by atoms with van der Waals surface area (Å²) in [6.07, 6.45) is 8.79. The van der Waals surface area contributed by atoms with E-state index in [2.05, 4.69) is 10.3 Å². The number of carbonyl (C=O) groups excluding carboxylic acids is 2. The number of pyridine rings is 1. The van der Waals surface area contributed by atoms with E-state index in [-0.39, 0.29) is 23.8 Å². The minimum atomic E-state index is -0.575. The van der Waals surface area contributed by atoms with Crippen molar-refractivity contribution >= 4 is 34.2 Å². The van der Waals surface area contributed by atoms with E-state index >= 15 is 0 Å². The van der Waals surface area contributed by atoms with Crippen LogP contribution < -0.4 is 5.32 Å². The van der Waals surface area contributed by atoms with Gasteiger partial charge in [-0.1, -0.05) is 56.8 Å². The van der Waals surface area contributed by atoms with Crippen LogP contribution in [0.5, 0.6) is 0 Å². The maximum Gasteiger partial charge on any atom is 0.254 e. The van der Waals surface area contributed by atoms with Gasteiger partial charge in [-0.3, -0.25) is 14.6 Å². The summed E-state index contributed by atoms with van der Waals surface area (Å²) in [5.41, 5.74) is 0.429. The number of carbonyl (C=O) groups is 2. The summed E-state index contributed by atoms with van der Waals surface area (Å²) in [7, 11) is 1.86. The van der Waals surface area contributed by atoms with Gasteiger partial charge in [-0.25, -0.2) is 0 Å². The van der Waals surface area contributed by atoms with Crippen LogP contribution in [0.3, 0.4) is 0 Å². The van der Waals surface area contributed by atoms with Crippen LogP contribution in [0.15, 0.2) is 30.6 Å². The fourth-order valence-electron chi connectivity index (χ4n) is 3.94. The highest BCUT2D eigenvalue weighted by Crippen LogP contribution is 2.26. The largest absolute Gasteiger partial charge is 0.341 e. The van der Waals surface area contributed by atoms with E-state index in [1.807, 2.05) is 37.9 Å². The number of hydrogen-bond donors (Lipinski definition) is 1. The standard InChI is InChI=1S/C22H28ClN3O2/c1-14(2)20(22(28)26(3)15-8-5-4-6-9-15)25-21(27)18-13-24-12-17-16(18)10-7-11-19(17)23/h7,10-15,20H,4-6,8-9H2,1-3H3,(H,25,27). The molecule has 2 aromatic rings. The molecule has 150 valence electrons. The lowest BCUT2D eigenvalue weighted by Gasteiger charge is -2.35. The van der Waals surface area contributed by atoms with Crippen molar-refractivity contribution in [2.45, 2.75) is 58.0 Å². The molecular weight excluding hydrogens is 374 g/mol. The van der Waals surface area contributed by atoms with E-state index in [0.717, 1.165) is 36.5 Å². The van der Waals surface area contributed by atoms with Crippen LogP contribution in [0, 0.1) is 5.92 Å². The molecule has 3 rings (SSSR count). The smallest absolute Gasteiger partial charge is 0.254 e. The third kappa shape index (κ3) is 4.30. The molecule has 1 unspecified atom stereocenters. The minimum Gasteiger partial charge on any atom is -0.341 e. The molecule has 2 amide bonds. The van der Waals surface area contributed by atoms with E-state index < -0.39 is 6.04 Å². The fraction of sp³-hybridized carbons (Fsp3) is 0.500. The van der Waals surface area contributed by atoms with E-state index in [4.69, 9.17) is 11.6 Å². The van der Waals surface area contributed by atoms with Gasteiger partial charge in [0, 0.05) is 35.9 Å². The molecule has 0 spiro atoms. The van der Waals surface area contributed by atoms with Gasteiger partial charge in [-0.05, 0) is 30.2 Å². The molecule has 1 aliphatic rings. The Morgan fingerprint density at radius 3 is 2.54 bits per heavy atom. The Morgan fingerprint density at radius 1 is 1.14 bits per heavy atom. The number of nitrogens with zero attached hydrogens (tertiary/aromatic N) is 2. The number of nitrogens with one attached hydrogen (secondary N) is 1. The van der Waals surface area contributed by atoms with Crippen molar-refractivity contribution in [1.82, 2.24) is 15.2 Å². The molecule has 1 aromatic heterocycles. The summed E-state index contributed by atoms with van der Waals surface area (Å²) in [6, 6.07) is 5.11. The first-order valence-electron chi connectivity index (χ1n) is 10.00. The Morgan fingerprint density at radius 2 is 1.86 bits per heavy atom. The fourth-order valence-corrected chi connectivity index (χ4v) is 4.16. The van der Waals surface area contributed by atoms with Crippen molar-refractivity contribution in [2.75, 3.05) is 7.05 Å². The average molecular weight is 402 g/mol. The average Bonchev–Trinajstić information content (AvgIpc) is 2.71. The van der Waals surface area contributed by atoms with Crippen molar-refractivity contribution in [1.29, 1.82) is 0 Å². The number of aromatic nitrogens is 1. The molecule has 1 atom stereocenters. The van der Waals surface area contributed by atoms with E-state index in [0.29, 0.717) is 10.6 Å². The van der Waals surface area contributed by atoms with Crippen molar-refractivity contribution in [3.8, 4) is 0 Å². The highest BCUT2D eigenvalue weighted by atomic mass is 35.5. The molecule has 1 saturated carbocycles. The van der Waals surface area contributed by atoms with Gasteiger partial charge in [0.25, 0.3) is 5.91 Å². The lowest BCUT2D eigenvalue weighted by atomic mass is 9.93. The first-order chi connectivity index (χ1) is 13.4. The highest BCUT2D eigenvalue weighted by Gasteiger charge is 2.31. The second-order valence-electron chi connectivity index (χ2n) is 7.96. The molecule has 0 bridgehead atoms. The van der Waals surface area contributed by atoms with Crippen LogP contribution >= 0.6 is 11.6 Å². The predicted molar refractivity (Wildman–Crippen MR) is 112 cm³/mol. The zero-order chi connectivity index (χ0) is 20.3. The molecule has 1 fully saturated rings. The molecule has 0 radical (unpaired) electrons. The molecule has 1 heterocycles. The quantitative estimate of drug-likeness (QED) is 0.805. The van der Waals surface area contributed by atoms with Gasteiger partial charge < -0.3 is 10.2 Å². The Labute approximate surface area is 171 Å². The van der Waals surface area contributed by atoms with Crippen molar-refractivity contribution in [3.63, 3.8) is 0 Å². The molecule has 5 nitrogen and oxygen atoms in total. The van der Waals surface area contributed by atoms with Crippen molar-refractivity contribution in [3.05, 3.63) is 41.2 Å². The van der Waals surface area contributed by atoms with Gasteiger partial charge in [0.2, 0.25) is 5.91 Å². The summed E-state index contributed by atoms with van der Waals surface area (Å²) in [4.78, 5) is 32.2. The molecule has 28 heavy (non-hydrogen) atoms. The van der Waals surface area contributed by atoms with Crippen molar-refractivity contribution in [2.24, 2.45) is 5.92 Å². The number of halogens is 1. The lowest BCUT2D eigenvalue weighted by molar-refractivity contribution is -0.135.